The lowest BCUT2D eigenvalue weighted by Gasteiger charge is -2.27. The van der Waals surface area contributed by atoms with Gasteiger partial charge in [0.05, 0.1) is 16.9 Å². The van der Waals surface area contributed by atoms with E-state index in [1.807, 2.05) is 48.5 Å². The fourth-order valence-corrected chi connectivity index (χ4v) is 3.83. The Labute approximate surface area is 146 Å². The van der Waals surface area contributed by atoms with Gasteiger partial charge in [0.25, 0.3) is 0 Å². The first-order chi connectivity index (χ1) is 11.6. The molecule has 24 heavy (non-hydrogen) atoms. The van der Waals surface area contributed by atoms with E-state index >= 15 is 0 Å². The summed E-state index contributed by atoms with van der Waals surface area (Å²) in [6.07, 6.45) is 0.914. The Balaban J connectivity index is 1.72. The number of nitrogens with one attached hydrogen (secondary N) is 2. The van der Waals surface area contributed by atoms with Gasteiger partial charge in [0.1, 0.15) is 0 Å². The average Bonchev–Trinajstić information content (AvgIpc) is 2.60. The quantitative estimate of drug-likeness (QED) is 0.886. The third-order valence-corrected chi connectivity index (χ3v) is 5.61. The van der Waals surface area contributed by atoms with Crippen molar-refractivity contribution in [3.63, 3.8) is 0 Å². The molecule has 2 amide bonds. The van der Waals surface area contributed by atoms with Crippen molar-refractivity contribution in [2.45, 2.75) is 30.4 Å². The fraction of sp³-hybridized carbons (Fsp3) is 0.263. The molecule has 0 spiro atoms. The van der Waals surface area contributed by atoms with E-state index in [4.69, 9.17) is 0 Å². The first-order valence-corrected chi connectivity index (χ1v) is 8.93. The molecule has 0 bridgehead atoms. The van der Waals surface area contributed by atoms with E-state index in [1.54, 1.807) is 6.92 Å². The number of carbonyl (C=O) groups excluding carboxylic acids is 2. The number of benzene rings is 2. The van der Waals surface area contributed by atoms with E-state index in [-0.39, 0.29) is 11.8 Å². The smallest absolute Gasteiger partial charge is 0.238 e. The second-order valence-corrected chi connectivity index (χ2v) is 7.04. The van der Waals surface area contributed by atoms with Gasteiger partial charge in [-0.1, -0.05) is 38.1 Å². The zero-order valence-corrected chi connectivity index (χ0v) is 14.5. The van der Waals surface area contributed by atoms with Gasteiger partial charge in [0, 0.05) is 10.6 Å². The number of fused-ring (bicyclic) bond motifs is 1. The molecule has 3 rings (SSSR count). The predicted octanol–water partition coefficient (Wildman–Crippen LogP) is 3.94. The molecule has 0 saturated heterocycles. The summed E-state index contributed by atoms with van der Waals surface area (Å²) >= 11 is 1.45. The summed E-state index contributed by atoms with van der Waals surface area (Å²) in [5, 5.41) is 5.38. The van der Waals surface area contributed by atoms with Crippen molar-refractivity contribution < 1.29 is 9.59 Å². The van der Waals surface area contributed by atoms with E-state index in [0.29, 0.717) is 0 Å². The number of anilines is 2. The van der Waals surface area contributed by atoms with Crippen LogP contribution >= 0.6 is 11.8 Å². The summed E-state index contributed by atoms with van der Waals surface area (Å²) in [5.74, 6) is -0.701. The monoisotopic (exact) mass is 340 g/mol. The van der Waals surface area contributed by atoms with Crippen molar-refractivity contribution in [3.8, 4) is 0 Å². The molecule has 1 aliphatic heterocycles. The molecular weight excluding hydrogens is 320 g/mol. The van der Waals surface area contributed by atoms with Crippen LogP contribution in [0.1, 0.15) is 19.4 Å². The summed E-state index contributed by atoms with van der Waals surface area (Å²) in [7, 11) is 0. The highest BCUT2D eigenvalue weighted by Crippen LogP contribution is 2.38. The molecule has 0 fully saturated rings. The molecule has 0 unspecified atom stereocenters. The molecule has 4 nitrogen and oxygen atoms in total. The molecule has 2 N–H and O–H groups in total. The highest BCUT2D eigenvalue weighted by Gasteiger charge is 2.35. The maximum atomic E-state index is 12.6. The number of thioether (sulfide) groups is 1. The largest absolute Gasteiger partial charge is 0.326 e. The van der Waals surface area contributed by atoms with Crippen molar-refractivity contribution >= 4 is 35.0 Å². The minimum Gasteiger partial charge on any atom is -0.326 e. The van der Waals surface area contributed by atoms with Crippen molar-refractivity contribution in [1.29, 1.82) is 0 Å². The molecule has 0 radical (unpaired) electrons. The van der Waals surface area contributed by atoms with Gasteiger partial charge >= 0.3 is 0 Å². The molecule has 1 aliphatic rings. The van der Waals surface area contributed by atoms with Gasteiger partial charge < -0.3 is 10.6 Å². The van der Waals surface area contributed by atoms with E-state index in [9.17, 15) is 9.59 Å². The highest BCUT2D eigenvalue weighted by atomic mass is 32.2. The number of para-hydroxylation sites is 1. The van der Waals surface area contributed by atoms with Gasteiger partial charge in [-0.05, 0) is 36.2 Å². The Kier molecular flexibility index (Phi) is 4.90. The minimum atomic E-state index is -0.436. The van der Waals surface area contributed by atoms with Crippen LogP contribution < -0.4 is 10.6 Å². The minimum absolute atomic E-state index is 0.122. The highest BCUT2D eigenvalue weighted by molar-refractivity contribution is 8.01. The van der Waals surface area contributed by atoms with Gasteiger partial charge in [-0.3, -0.25) is 9.59 Å². The third-order valence-electron chi connectivity index (χ3n) is 4.13. The maximum absolute atomic E-state index is 12.6. The summed E-state index contributed by atoms with van der Waals surface area (Å²) < 4.78 is 0. The van der Waals surface area contributed by atoms with E-state index in [2.05, 4.69) is 17.6 Å². The SMILES string of the molecule is CCc1cccc(NC(=O)[C@H](C)[C@H]2Sc3ccccc3NC2=O)c1. The number of aryl methyl sites for hydroxylation is 1. The molecule has 124 valence electrons. The Morgan fingerprint density at radius 2 is 2.04 bits per heavy atom. The van der Waals surface area contributed by atoms with Crippen molar-refractivity contribution in [2.24, 2.45) is 5.92 Å². The summed E-state index contributed by atoms with van der Waals surface area (Å²) in [4.78, 5) is 25.9. The van der Waals surface area contributed by atoms with Crippen LogP contribution in [0.25, 0.3) is 0 Å². The Morgan fingerprint density at radius 1 is 1.25 bits per heavy atom. The van der Waals surface area contributed by atoms with Crippen molar-refractivity contribution in [1.82, 2.24) is 0 Å². The molecule has 5 heteroatoms. The van der Waals surface area contributed by atoms with Crippen LogP contribution in [-0.2, 0) is 16.0 Å². The number of rotatable bonds is 4. The van der Waals surface area contributed by atoms with Crippen LogP contribution in [0.4, 0.5) is 11.4 Å². The van der Waals surface area contributed by atoms with E-state index in [0.717, 1.165) is 22.7 Å². The average molecular weight is 340 g/mol. The Hall–Kier alpha value is -2.27. The molecule has 2 aromatic carbocycles. The van der Waals surface area contributed by atoms with Crippen molar-refractivity contribution in [3.05, 3.63) is 54.1 Å². The van der Waals surface area contributed by atoms with Gasteiger partial charge in [-0.25, -0.2) is 0 Å². The lowest BCUT2D eigenvalue weighted by atomic mass is 10.0. The van der Waals surface area contributed by atoms with Crippen LogP contribution in [0, 0.1) is 5.92 Å². The molecule has 1 heterocycles. The second-order valence-electron chi connectivity index (χ2n) is 5.86. The summed E-state index contributed by atoms with van der Waals surface area (Å²) in [6, 6.07) is 15.4. The molecule has 2 aromatic rings. The van der Waals surface area contributed by atoms with Crippen molar-refractivity contribution in [2.75, 3.05) is 10.6 Å². The number of hydrogen-bond donors (Lipinski definition) is 2. The van der Waals surface area contributed by atoms with Gasteiger partial charge in [-0.2, -0.15) is 0 Å². The normalized spacial score (nSPS) is 17.6. The summed E-state index contributed by atoms with van der Waals surface area (Å²) in [6.45, 7) is 3.87. The van der Waals surface area contributed by atoms with Crippen LogP contribution in [0.2, 0.25) is 0 Å². The van der Waals surface area contributed by atoms with E-state index in [1.165, 1.54) is 17.3 Å². The molecule has 2 atom stereocenters. The number of hydrogen-bond acceptors (Lipinski definition) is 3. The number of amides is 2. The summed E-state index contributed by atoms with van der Waals surface area (Å²) in [5.41, 5.74) is 2.75. The van der Waals surface area contributed by atoms with Gasteiger partial charge in [-0.15, -0.1) is 11.8 Å². The second kappa shape index (κ2) is 7.09. The number of carbonyl (C=O) groups is 2. The van der Waals surface area contributed by atoms with Crippen LogP contribution in [0.3, 0.4) is 0 Å². The lowest BCUT2D eigenvalue weighted by Crippen LogP contribution is -2.39. The zero-order chi connectivity index (χ0) is 17.1. The molecular formula is C19H20N2O2S. The van der Waals surface area contributed by atoms with Crippen LogP contribution in [-0.4, -0.2) is 17.1 Å². The fourth-order valence-electron chi connectivity index (χ4n) is 2.66. The molecule has 0 aliphatic carbocycles. The van der Waals surface area contributed by atoms with Gasteiger partial charge in [0.15, 0.2) is 0 Å². The maximum Gasteiger partial charge on any atom is 0.238 e. The third kappa shape index (κ3) is 3.46. The van der Waals surface area contributed by atoms with Crippen LogP contribution in [0.15, 0.2) is 53.4 Å². The molecule has 0 aromatic heterocycles. The topological polar surface area (TPSA) is 58.2 Å². The zero-order valence-electron chi connectivity index (χ0n) is 13.7. The van der Waals surface area contributed by atoms with Gasteiger partial charge in [0.2, 0.25) is 11.8 Å². The Morgan fingerprint density at radius 3 is 2.83 bits per heavy atom. The standard InChI is InChI=1S/C19H20N2O2S/c1-3-13-7-6-8-14(11-13)20-18(22)12(2)17-19(23)21-15-9-4-5-10-16(15)24-17/h4-12,17H,3H2,1-2H3,(H,20,22)(H,21,23)/t12-,17-/m1/s1. The predicted molar refractivity (Wildman–Crippen MR) is 98.3 cm³/mol. The Bertz CT molecular complexity index is 775. The lowest BCUT2D eigenvalue weighted by molar-refractivity contribution is -0.123. The first-order valence-electron chi connectivity index (χ1n) is 8.05. The first kappa shape index (κ1) is 16.6. The van der Waals surface area contributed by atoms with E-state index < -0.39 is 11.2 Å². The van der Waals surface area contributed by atoms with Crippen LogP contribution in [0.5, 0.6) is 0 Å². The molecule has 0 saturated carbocycles.